The van der Waals surface area contributed by atoms with Gasteiger partial charge in [-0.15, -0.1) is 0 Å². The first-order valence-corrected chi connectivity index (χ1v) is 9.65. The molecule has 1 fully saturated rings. The van der Waals surface area contributed by atoms with Crippen LogP contribution in [0.3, 0.4) is 0 Å². The van der Waals surface area contributed by atoms with Gasteiger partial charge < -0.3 is 24.2 Å². The van der Waals surface area contributed by atoms with E-state index in [-0.39, 0.29) is 19.1 Å². The molecule has 7 heteroatoms. The predicted octanol–water partition coefficient (Wildman–Crippen LogP) is 3.07. The third-order valence-corrected chi connectivity index (χ3v) is 5.10. The molecule has 0 spiro atoms. The van der Waals surface area contributed by atoms with Crippen molar-refractivity contribution in [3.8, 4) is 11.5 Å². The minimum absolute atomic E-state index is 0.0814. The first kappa shape index (κ1) is 22.0. The van der Waals surface area contributed by atoms with E-state index in [0.717, 1.165) is 6.42 Å². The van der Waals surface area contributed by atoms with Crippen LogP contribution < -0.4 is 9.47 Å². The van der Waals surface area contributed by atoms with Crippen LogP contribution >= 0.6 is 0 Å². The van der Waals surface area contributed by atoms with E-state index in [9.17, 15) is 14.7 Å². The summed E-state index contributed by atoms with van der Waals surface area (Å²) in [5, 5.41) is 9.68. The predicted molar refractivity (Wildman–Crippen MR) is 105 cm³/mol. The highest BCUT2D eigenvalue weighted by molar-refractivity contribution is 5.95. The standard InChI is InChI=1S/C21H31NO6/c1-15(2)8-11-28-17-7-6-16(12-18(17)27-4)19(23)22-10-5-9-21(13-22,14-26-3)20(24)25/h6-7,12,15H,5,8-11,13-14H2,1-4H3,(H,24,25). The van der Waals surface area contributed by atoms with E-state index in [1.54, 1.807) is 23.1 Å². The molecular weight excluding hydrogens is 362 g/mol. The Kier molecular flexibility index (Phi) is 7.69. The summed E-state index contributed by atoms with van der Waals surface area (Å²) >= 11 is 0. The van der Waals surface area contributed by atoms with Crippen LogP contribution in [0.5, 0.6) is 11.5 Å². The molecule has 28 heavy (non-hydrogen) atoms. The number of amides is 1. The third-order valence-electron chi connectivity index (χ3n) is 5.10. The van der Waals surface area contributed by atoms with Crippen molar-refractivity contribution in [2.45, 2.75) is 33.1 Å². The summed E-state index contributed by atoms with van der Waals surface area (Å²) in [6.07, 6.45) is 2.04. The maximum Gasteiger partial charge on any atom is 0.313 e. The molecule has 2 rings (SSSR count). The molecule has 156 valence electrons. The Bertz CT molecular complexity index is 685. The van der Waals surface area contributed by atoms with Gasteiger partial charge in [0, 0.05) is 25.8 Å². The molecule has 1 saturated heterocycles. The highest BCUT2D eigenvalue weighted by Gasteiger charge is 2.44. The number of rotatable bonds is 9. The van der Waals surface area contributed by atoms with Crippen molar-refractivity contribution in [1.82, 2.24) is 4.90 Å². The molecule has 1 heterocycles. The average Bonchev–Trinajstić information content (AvgIpc) is 2.67. The number of carbonyl (C=O) groups is 2. The van der Waals surface area contributed by atoms with Crippen molar-refractivity contribution in [3.05, 3.63) is 23.8 Å². The van der Waals surface area contributed by atoms with Crippen molar-refractivity contribution in [2.24, 2.45) is 11.3 Å². The number of hydrogen-bond acceptors (Lipinski definition) is 5. The van der Waals surface area contributed by atoms with Crippen LogP contribution in [0.4, 0.5) is 0 Å². The van der Waals surface area contributed by atoms with Gasteiger partial charge in [0.05, 0.1) is 20.3 Å². The van der Waals surface area contributed by atoms with Crippen LogP contribution in [-0.4, -0.2) is 62.4 Å². The van der Waals surface area contributed by atoms with E-state index >= 15 is 0 Å². The Labute approximate surface area is 166 Å². The number of piperidine rings is 1. The van der Waals surface area contributed by atoms with Crippen LogP contribution in [0.15, 0.2) is 18.2 Å². The van der Waals surface area contributed by atoms with Crippen molar-refractivity contribution in [2.75, 3.05) is 40.5 Å². The summed E-state index contributed by atoms with van der Waals surface area (Å²) in [5.74, 6) is 0.477. The highest BCUT2D eigenvalue weighted by atomic mass is 16.5. The van der Waals surface area contributed by atoms with E-state index in [1.165, 1.54) is 14.2 Å². The minimum Gasteiger partial charge on any atom is -0.493 e. The molecule has 1 aliphatic rings. The Morgan fingerprint density at radius 2 is 2.00 bits per heavy atom. The number of hydrogen-bond donors (Lipinski definition) is 1. The fourth-order valence-electron chi connectivity index (χ4n) is 3.44. The molecule has 0 bridgehead atoms. The van der Waals surface area contributed by atoms with E-state index in [1.807, 2.05) is 0 Å². The Hall–Kier alpha value is -2.28. The normalized spacial score (nSPS) is 19.5. The number of nitrogens with zero attached hydrogens (tertiary/aromatic N) is 1. The summed E-state index contributed by atoms with van der Waals surface area (Å²) < 4.78 is 16.3. The smallest absolute Gasteiger partial charge is 0.313 e. The van der Waals surface area contributed by atoms with Gasteiger partial charge in [-0.25, -0.2) is 0 Å². The molecule has 1 N–H and O–H groups in total. The first-order chi connectivity index (χ1) is 13.3. The Morgan fingerprint density at radius 1 is 1.25 bits per heavy atom. The Morgan fingerprint density at radius 3 is 2.61 bits per heavy atom. The molecule has 7 nitrogen and oxygen atoms in total. The van der Waals surface area contributed by atoms with Crippen LogP contribution in [0.1, 0.15) is 43.5 Å². The number of ether oxygens (including phenoxy) is 3. The number of carbonyl (C=O) groups excluding carboxylic acids is 1. The Balaban J connectivity index is 2.15. The summed E-state index contributed by atoms with van der Waals surface area (Å²) in [4.78, 5) is 26.4. The summed E-state index contributed by atoms with van der Waals surface area (Å²) in [7, 11) is 3.02. The second-order valence-electron chi connectivity index (χ2n) is 7.75. The van der Waals surface area contributed by atoms with Gasteiger partial charge in [0.15, 0.2) is 11.5 Å². The molecular formula is C21H31NO6. The maximum absolute atomic E-state index is 13.0. The van der Waals surface area contributed by atoms with Crippen molar-refractivity contribution >= 4 is 11.9 Å². The lowest BCUT2D eigenvalue weighted by molar-refractivity contribution is -0.155. The number of benzene rings is 1. The minimum atomic E-state index is -1.06. The quantitative estimate of drug-likeness (QED) is 0.694. The molecule has 0 saturated carbocycles. The van der Waals surface area contributed by atoms with Crippen molar-refractivity contribution in [3.63, 3.8) is 0 Å². The lowest BCUT2D eigenvalue weighted by atomic mass is 9.80. The van der Waals surface area contributed by atoms with Gasteiger partial charge in [-0.2, -0.15) is 0 Å². The zero-order valence-electron chi connectivity index (χ0n) is 17.2. The molecule has 1 unspecified atom stereocenters. The lowest BCUT2D eigenvalue weighted by Gasteiger charge is -2.39. The fraction of sp³-hybridized carbons (Fsp3) is 0.619. The van der Waals surface area contributed by atoms with Crippen LogP contribution in [0.2, 0.25) is 0 Å². The first-order valence-electron chi connectivity index (χ1n) is 9.65. The zero-order chi connectivity index (χ0) is 20.7. The van der Waals surface area contributed by atoms with Gasteiger partial charge in [-0.3, -0.25) is 9.59 Å². The number of carboxylic acids is 1. The maximum atomic E-state index is 13.0. The largest absolute Gasteiger partial charge is 0.493 e. The number of methoxy groups -OCH3 is 2. The molecule has 0 aromatic heterocycles. The van der Waals surface area contributed by atoms with Gasteiger partial charge in [-0.05, 0) is 43.4 Å². The summed E-state index contributed by atoms with van der Waals surface area (Å²) in [6.45, 7) is 5.56. The van der Waals surface area contributed by atoms with Gasteiger partial charge >= 0.3 is 5.97 Å². The van der Waals surface area contributed by atoms with Crippen molar-refractivity contribution < 1.29 is 28.9 Å². The average molecular weight is 393 g/mol. The van der Waals surface area contributed by atoms with Crippen LogP contribution in [0.25, 0.3) is 0 Å². The monoisotopic (exact) mass is 393 g/mol. The third kappa shape index (κ3) is 5.16. The molecule has 1 aliphatic heterocycles. The zero-order valence-corrected chi connectivity index (χ0v) is 17.2. The molecule has 0 aliphatic carbocycles. The molecule has 1 atom stereocenters. The molecule has 1 aromatic rings. The fourth-order valence-corrected chi connectivity index (χ4v) is 3.44. The topological polar surface area (TPSA) is 85.3 Å². The van der Waals surface area contributed by atoms with E-state index in [2.05, 4.69) is 13.8 Å². The second kappa shape index (κ2) is 9.78. The molecule has 1 amide bonds. The summed E-state index contributed by atoms with van der Waals surface area (Å²) in [6, 6.07) is 5.08. The van der Waals surface area contributed by atoms with Crippen molar-refractivity contribution in [1.29, 1.82) is 0 Å². The van der Waals surface area contributed by atoms with E-state index < -0.39 is 11.4 Å². The highest BCUT2D eigenvalue weighted by Crippen LogP contribution is 2.33. The van der Waals surface area contributed by atoms with Crippen LogP contribution in [-0.2, 0) is 9.53 Å². The number of likely N-dealkylation sites (tertiary alicyclic amines) is 1. The van der Waals surface area contributed by atoms with Gasteiger partial charge in [0.1, 0.15) is 5.41 Å². The van der Waals surface area contributed by atoms with E-state index in [4.69, 9.17) is 14.2 Å². The van der Waals surface area contributed by atoms with Gasteiger partial charge in [-0.1, -0.05) is 13.8 Å². The lowest BCUT2D eigenvalue weighted by Crippen LogP contribution is -2.52. The molecule has 0 radical (unpaired) electrons. The molecule has 1 aromatic carbocycles. The van der Waals surface area contributed by atoms with Crippen LogP contribution in [0, 0.1) is 11.3 Å². The summed E-state index contributed by atoms with van der Waals surface area (Å²) in [5.41, 5.74) is -0.612. The van der Waals surface area contributed by atoms with Gasteiger partial charge in [0.2, 0.25) is 0 Å². The van der Waals surface area contributed by atoms with Gasteiger partial charge in [0.25, 0.3) is 5.91 Å². The number of carboxylic acid groups (broad SMARTS) is 1. The SMILES string of the molecule is COCC1(C(=O)O)CCCN(C(=O)c2ccc(OCCC(C)C)c(OC)c2)C1. The second-order valence-corrected chi connectivity index (χ2v) is 7.75. The number of aliphatic carboxylic acids is 1. The van der Waals surface area contributed by atoms with E-state index in [0.29, 0.717) is 49.0 Å².